The van der Waals surface area contributed by atoms with Gasteiger partial charge in [-0.2, -0.15) is 10.5 Å². The first kappa shape index (κ1) is 25.3. The smallest absolute Gasteiger partial charge is 0.137 e. The van der Waals surface area contributed by atoms with Crippen molar-refractivity contribution in [1.82, 2.24) is 14.9 Å². The van der Waals surface area contributed by atoms with Gasteiger partial charge in [-0.05, 0) is 72.4 Å². The van der Waals surface area contributed by atoms with Gasteiger partial charge in [0.1, 0.15) is 17.3 Å². The molecule has 4 aromatic rings. The molecule has 1 N–H and O–H groups in total. The van der Waals surface area contributed by atoms with Gasteiger partial charge in [0, 0.05) is 43.5 Å². The zero-order valence-electron chi connectivity index (χ0n) is 21.2. The third-order valence-electron chi connectivity index (χ3n) is 7.21. The van der Waals surface area contributed by atoms with Crippen molar-refractivity contribution < 1.29 is 8.78 Å². The Morgan fingerprint density at radius 2 is 1.79 bits per heavy atom. The van der Waals surface area contributed by atoms with E-state index < -0.39 is 17.4 Å². The van der Waals surface area contributed by atoms with Crippen LogP contribution in [0.4, 0.5) is 8.78 Å². The number of imidazole rings is 1. The molecule has 7 heteroatoms. The van der Waals surface area contributed by atoms with Gasteiger partial charge in [-0.1, -0.05) is 30.3 Å². The number of aromatic nitrogens is 2. The molecule has 38 heavy (non-hydrogen) atoms. The van der Waals surface area contributed by atoms with Crippen LogP contribution in [0.1, 0.15) is 42.0 Å². The Kier molecular flexibility index (Phi) is 6.80. The lowest BCUT2D eigenvalue weighted by Crippen LogP contribution is -2.52. The van der Waals surface area contributed by atoms with Gasteiger partial charge in [0.2, 0.25) is 0 Å². The van der Waals surface area contributed by atoms with Gasteiger partial charge in [0.05, 0.1) is 23.3 Å². The van der Waals surface area contributed by atoms with Crippen LogP contribution in [-0.4, -0.2) is 33.6 Å². The van der Waals surface area contributed by atoms with Crippen molar-refractivity contribution >= 4 is 0 Å². The number of halogens is 2. The highest BCUT2D eigenvalue weighted by Gasteiger charge is 2.43. The van der Waals surface area contributed by atoms with E-state index in [1.165, 1.54) is 26.0 Å². The number of hydrogen-bond acceptors (Lipinski definition) is 4. The first-order valence-corrected chi connectivity index (χ1v) is 12.5. The van der Waals surface area contributed by atoms with E-state index in [0.29, 0.717) is 30.8 Å². The van der Waals surface area contributed by atoms with Crippen molar-refractivity contribution in [3.8, 4) is 34.7 Å². The van der Waals surface area contributed by atoms with Gasteiger partial charge in [0.15, 0.2) is 0 Å². The fourth-order valence-corrected chi connectivity index (χ4v) is 5.67. The van der Waals surface area contributed by atoms with Crippen LogP contribution in [0.2, 0.25) is 0 Å². The molecule has 1 saturated heterocycles. The molecular formula is C31H27F2N5. The molecule has 0 radical (unpaired) electrons. The predicted molar refractivity (Wildman–Crippen MR) is 142 cm³/mol. The summed E-state index contributed by atoms with van der Waals surface area (Å²) in [7, 11) is 0. The van der Waals surface area contributed by atoms with E-state index in [9.17, 15) is 14.9 Å². The second-order valence-corrected chi connectivity index (χ2v) is 10.3. The molecule has 0 spiro atoms. The van der Waals surface area contributed by atoms with Crippen molar-refractivity contribution in [3.63, 3.8) is 0 Å². The molecule has 3 aromatic carbocycles. The monoisotopic (exact) mass is 507 g/mol. The third kappa shape index (κ3) is 5.07. The van der Waals surface area contributed by atoms with E-state index in [1.807, 2.05) is 30.3 Å². The molecule has 1 atom stereocenters. The van der Waals surface area contributed by atoms with Crippen LogP contribution in [0.3, 0.4) is 0 Å². The van der Waals surface area contributed by atoms with E-state index in [2.05, 4.69) is 27.0 Å². The molecule has 2 heterocycles. The highest BCUT2D eigenvalue weighted by molar-refractivity contribution is 5.83. The fourth-order valence-electron chi connectivity index (χ4n) is 5.67. The number of nitrogens with zero attached hydrogens (tertiary/aromatic N) is 4. The SMILES string of the molecule is CC(C)(F)[C@H](c1cc(F)cc(C#N)c1)C1CN(Cc2cccc(-c3ncc[nH]3)c2-c2ccc(C#N)cc2)C1. The minimum atomic E-state index is -1.58. The molecule has 1 aliphatic rings. The maximum absolute atomic E-state index is 15.4. The summed E-state index contributed by atoms with van der Waals surface area (Å²) in [5.74, 6) is -0.318. The van der Waals surface area contributed by atoms with Crippen molar-refractivity contribution in [2.45, 2.75) is 32.0 Å². The van der Waals surface area contributed by atoms with Gasteiger partial charge in [-0.3, -0.25) is 4.90 Å². The molecular weight excluding hydrogens is 480 g/mol. The van der Waals surface area contributed by atoms with Crippen LogP contribution in [-0.2, 0) is 6.54 Å². The van der Waals surface area contributed by atoms with Crippen LogP contribution in [0, 0.1) is 34.4 Å². The summed E-state index contributed by atoms with van der Waals surface area (Å²) in [5.41, 5.74) is 3.80. The number of hydrogen-bond donors (Lipinski definition) is 1. The summed E-state index contributed by atoms with van der Waals surface area (Å²) in [6.07, 6.45) is 3.50. The first-order valence-electron chi connectivity index (χ1n) is 12.5. The molecule has 1 aliphatic heterocycles. The van der Waals surface area contributed by atoms with Crippen LogP contribution < -0.4 is 0 Å². The lowest BCUT2D eigenvalue weighted by atomic mass is 9.72. The zero-order chi connectivity index (χ0) is 26.9. The second kappa shape index (κ2) is 10.2. The highest BCUT2D eigenvalue weighted by atomic mass is 19.1. The standard InChI is InChI=1S/C31H27F2N5/c1-31(2,33)29(24-12-21(16-35)13-26(32)14-24)25-18-38(19-25)17-23-4-3-5-27(30-36-10-11-37-30)28(23)22-8-6-20(15-34)7-9-22/h3-14,25,29H,17-19H2,1-2H3,(H,36,37)/t29-/m1/s1. The number of rotatable bonds is 7. The average Bonchev–Trinajstić information content (AvgIpc) is 3.41. The van der Waals surface area contributed by atoms with Gasteiger partial charge in [0.25, 0.3) is 0 Å². The van der Waals surface area contributed by atoms with Crippen LogP contribution in [0.25, 0.3) is 22.5 Å². The Bertz CT molecular complexity index is 1520. The van der Waals surface area contributed by atoms with Gasteiger partial charge in [-0.25, -0.2) is 13.8 Å². The van der Waals surface area contributed by atoms with Crippen molar-refractivity contribution in [2.24, 2.45) is 5.92 Å². The molecule has 0 aliphatic carbocycles. The Labute approximate surface area is 221 Å². The fraction of sp³-hybridized carbons (Fsp3) is 0.258. The zero-order valence-corrected chi connectivity index (χ0v) is 21.2. The molecule has 5 nitrogen and oxygen atoms in total. The second-order valence-electron chi connectivity index (χ2n) is 10.3. The van der Waals surface area contributed by atoms with Crippen LogP contribution >= 0.6 is 0 Å². The molecule has 0 bridgehead atoms. The van der Waals surface area contributed by atoms with E-state index in [4.69, 9.17) is 0 Å². The summed E-state index contributed by atoms with van der Waals surface area (Å²) in [4.78, 5) is 9.91. The topological polar surface area (TPSA) is 79.5 Å². The lowest BCUT2D eigenvalue weighted by molar-refractivity contribution is 0.0213. The minimum Gasteiger partial charge on any atom is -0.345 e. The quantitative estimate of drug-likeness (QED) is 0.306. The lowest BCUT2D eigenvalue weighted by Gasteiger charge is -2.47. The van der Waals surface area contributed by atoms with Gasteiger partial charge >= 0.3 is 0 Å². The van der Waals surface area contributed by atoms with Gasteiger partial charge < -0.3 is 4.98 Å². The molecule has 1 fully saturated rings. The maximum Gasteiger partial charge on any atom is 0.137 e. The van der Waals surface area contributed by atoms with E-state index in [1.54, 1.807) is 30.6 Å². The van der Waals surface area contributed by atoms with E-state index in [-0.39, 0.29) is 11.5 Å². The number of nitriles is 2. The number of aromatic amines is 1. The molecule has 0 amide bonds. The number of nitrogens with one attached hydrogen (secondary N) is 1. The van der Waals surface area contributed by atoms with E-state index >= 15 is 4.39 Å². The van der Waals surface area contributed by atoms with Crippen molar-refractivity contribution in [1.29, 1.82) is 10.5 Å². The Morgan fingerprint density at radius 3 is 2.42 bits per heavy atom. The molecule has 1 aromatic heterocycles. The summed E-state index contributed by atoms with van der Waals surface area (Å²) < 4.78 is 29.6. The largest absolute Gasteiger partial charge is 0.345 e. The minimum absolute atomic E-state index is 0.0186. The number of likely N-dealkylation sites (tertiary alicyclic amines) is 1. The predicted octanol–water partition coefficient (Wildman–Crippen LogP) is 6.59. The molecule has 5 rings (SSSR count). The molecule has 0 saturated carbocycles. The normalized spacial score (nSPS) is 14.9. The Balaban J connectivity index is 1.43. The summed E-state index contributed by atoms with van der Waals surface area (Å²) in [5, 5.41) is 18.5. The number of alkyl halides is 1. The van der Waals surface area contributed by atoms with Crippen molar-refractivity contribution in [2.75, 3.05) is 13.1 Å². The van der Waals surface area contributed by atoms with Gasteiger partial charge in [-0.15, -0.1) is 0 Å². The Hall–Kier alpha value is -4.33. The molecule has 190 valence electrons. The Morgan fingerprint density at radius 1 is 1.05 bits per heavy atom. The number of benzene rings is 3. The average molecular weight is 508 g/mol. The first-order chi connectivity index (χ1) is 18.3. The van der Waals surface area contributed by atoms with E-state index in [0.717, 1.165) is 28.1 Å². The highest BCUT2D eigenvalue weighted by Crippen LogP contribution is 2.43. The van der Waals surface area contributed by atoms with Crippen LogP contribution in [0.5, 0.6) is 0 Å². The summed E-state index contributed by atoms with van der Waals surface area (Å²) >= 11 is 0. The van der Waals surface area contributed by atoms with Crippen LogP contribution in [0.15, 0.2) is 73.1 Å². The van der Waals surface area contributed by atoms with Crippen molar-refractivity contribution in [3.05, 3.63) is 101 Å². The number of H-pyrrole nitrogens is 1. The summed E-state index contributed by atoms with van der Waals surface area (Å²) in [6.45, 7) is 4.98. The maximum atomic E-state index is 15.4. The third-order valence-corrected chi connectivity index (χ3v) is 7.21. The molecule has 0 unspecified atom stereocenters. The summed E-state index contributed by atoms with van der Waals surface area (Å²) in [6, 6.07) is 21.9.